The monoisotopic (exact) mass is 306 g/mol. The third-order valence-electron chi connectivity index (χ3n) is 2.56. The minimum atomic E-state index is -0.322. The standard InChI is InChI=1S/C13H17BrClF/c1-9(2)6-10(8-14)7-11-4-3-5-12(16)13(11)15/h3-5,9-10H,6-8H2,1-2H3. The quantitative estimate of drug-likeness (QED) is 0.666. The van der Waals surface area contributed by atoms with E-state index in [0.29, 0.717) is 11.8 Å². The van der Waals surface area contributed by atoms with E-state index in [2.05, 4.69) is 29.8 Å². The zero-order chi connectivity index (χ0) is 12.1. The Morgan fingerprint density at radius 3 is 2.62 bits per heavy atom. The van der Waals surface area contributed by atoms with Crippen molar-refractivity contribution in [2.24, 2.45) is 11.8 Å². The van der Waals surface area contributed by atoms with Crippen LogP contribution in [0.15, 0.2) is 18.2 Å². The second kappa shape index (κ2) is 6.61. The summed E-state index contributed by atoms with van der Waals surface area (Å²) in [5.41, 5.74) is 0.909. The van der Waals surface area contributed by atoms with Crippen LogP contribution in [0.5, 0.6) is 0 Å². The van der Waals surface area contributed by atoms with E-state index in [0.717, 1.165) is 23.7 Å². The highest BCUT2D eigenvalue weighted by Gasteiger charge is 2.13. The molecule has 90 valence electrons. The Morgan fingerprint density at radius 2 is 2.06 bits per heavy atom. The van der Waals surface area contributed by atoms with Gasteiger partial charge in [-0.3, -0.25) is 0 Å². The maximum Gasteiger partial charge on any atom is 0.142 e. The van der Waals surface area contributed by atoms with E-state index >= 15 is 0 Å². The fourth-order valence-electron chi connectivity index (χ4n) is 1.88. The van der Waals surface area contributed by atoms with Crippen molar-refractivity contribution < 1.29 is 4.39 Å². The highest BCUT2D eigenvalue weighted by Crippen LogP contribution is 2.25. The van der Waals surface area contributed by atoms with Crippen molar-refractivity contribution in [3.05, 3.63) is 34.6 Å². The third-order valence-corrected chi connectivity index (χ3v) is 3.90. The van der Waals surface area contributed by atoms with Crippen LogP contribution in [0.3, 0.4) is 0 Å². The molecule has 0 bridgehead atoms. The van der Waals surface area contributed by atoms with Gasteiger partial charge in [-0.15, -0.1) is 0 Å². The second-order valence-corrected chi connectivity index (χ2v) is 5.59. The van der Waals surface area contributed by atoms with Crippen LogP contribution in [0.4, 0.5) is 4.39 Å². The number of halogens is 3. The summed E-state index contributed by atoms with van der Waals surface area (Å²) in [6, 6.07) is 5.02. The van der Waals surface area contributed by atoms with Gasteiger partial charge in [0, 0.05) is 5.33 Å². The first-order valence-corrected chi connectivity index (χ1v) is 7.03. The van der Waals surface area contributed by atoms with Crippen molar-refractivity contribution in [1.82, 2.24) is 0 Å². The lowest BCUT2D eigenvalue weighted by atomic mass is 9.92. The number of alkyl halides is 1. The first-order valence-electron chi connectivity index (χ1n) is 5.53. The van der Waals surface area contributed by atoms with Gasteiger partial charge in [-0.1, -0.05) is 53.5 Å². The smallest absolute Gasteiger partial charge is 0.142 e. The fraction of sp³-hybridized carbons (Fsp3) is 0.538. The Bertz CT molecular complexity index is 339. The summed E-state index contributed by atoms with van der Waals surface area (Å²) in [5.74, 6) is 0.839. The van der Waals surface area contributed by atoms with Crippen LogP contribution >= 0.6 is 27.5 Å². The van der Waals surface area contributed by atoms with Gasteiger partial charge >= 0.3 is 0 Å². The van der Waals surface area contributed by atoms with Crippen molar-refractivity contribution in [3.63, 3.8) is 0 Å². The van der Waals surface area contributed by atoms with Crippen molar-refractivity contribution in [2.75, 3.05) is 5.33 Å². The van der Waals surface area contributed by atoms with Crippen molar-refractivity contribution in [3.8, 4) is 0 Å². The second-order valence-electron chi connectivity index (χ2n) is 4.57. The molecule has 0 N–H and O–H groups in total. The molecule has 0 aliphatic rings. The highest BCUT2D eigenvalue weighted by molar-refractivity contribution is 9.09. The molecule has 0 amide bonds. The van der Waals surface area contributed by atoms with E-state index in [1.165, 1.54) is 6.07 Å². The summed E-state index contributed by atoms with van der Waals surface area (Å²) in [4.78, 5) is 0. The summed E-state index contributed by atoms with van der Waals surface area (Å²) in [6.45, 7) is 4.39. The summed E-state index contributed by atoms with van der Waals surface area (Å²) < 4.78 is 13.3. The number of hydrogen-bond acceptors (Lipinski definition) is 0. The Kier molecular flexibility index (Phi) is 5.77. The molecular formula is C13H17BrClF. The largest absolute Gasteiger partial charge is 0.205 e. The Hall–Kier alpha value is -0.0800. The molecule has 0 saturated heterocycles. The SMILES string of the molecule is CC(C)CC(CBr)Cc1cccc(F)c1Cl. The van der Waals surface area contributed by atoms with E-state index in [-0.39, 0.29) is 10.8 Å². The molecule has 0 aromatic heterocycles. The van der Waals surface area contributed by atoms with E-state index < -0.39 is 0 Å². The molecule has 1 atom stereocenters. The average molecular weight is 308 g/mol. The molecule has 3 heteroatoms. The number of rotatable bonds is 5. The predicted octanol–water partition coefficient (Wildman–Crippen LogP) is 5.08. The van der Waals surface area contributed by atoms with Crippen LogP contribution in [-0.2, 0) is 6.42 Å². The first-order chi connectivity index (χ1) is 7.54. The molecule has 0 saturated carbocycles. The van der Waals surface area contributed by atoms with Gasteiger partial charge in [-0.25, -0.2) is 4.39 Å². The minimum Gasteiger partial charge on any atom is -0.205 e. The van der Waals surface area contributed by atoms with Crippen LogP contribution in [0.25, 0.3) is 0 Å². The van der Waals surface area contributed by atoms with Crippen LogP contribution in [-0.4, -0.2) is 5.33 Å². The van der Waals surface area contributed by atoms with Gasteiger partial charge in [-0.2, -0.15) is 0 Å². The summed E-state index contributed by atoms with van der Waals surface area (Å²) >= 11 is 9.45. The Labute approximate surface area is 110 Å². The predicted molar refractivity (Wildman–Crippen MR) is 71.9 cm³/mol. The van der Waals surface area contributed by atoms with Crippen LogP contribution < -0.4 is 0 Å². The lowest BCUT2D eigenvalue weighted by Gasteiger charge is -2.17. The molecule has 1 unspecified atom stereocenters. The van der Waals surface area contributed by atoms with Crippen molar-refractivity contribution >= 4 is 27.5 Å². The van der Waals surface area contributed by atoms with Crippen LogP contribution in [0.1, 0.15) is 25.8 Å². The molecule has 0 aliphatic heterocycles. The molecule has 1 rings (SSSR count). The maximum absolute atomic E-state index is 13.3. The van der Waals surface area contributed by atoms with Gasteiger partial charge in [0.25, 0.3) is 0 Å². The van der Waals surface area contributed by atoms with E-state index in [1.54, 1.807) is 6.07 Å². The minimum absolute atomic E-state index is 0.275. The van der Waals surface area contributed by atoms with Gasteiger partial charge in [0.05, 0.1) is 5.02 Å². The molecule has 0 nitrogen and oxygen atoms in total. The van der Waals surface area contributed by atoms with Crippen molar-refractivity contribution in [2.45, 2.75) is 26.7 Å². The summed E-state index contributed by atoms with van der Waals surface area (Å²) in [7, 11) is 0. The number of benzene rings is 1. The summed E-state index contributed by atoms with van der Waals surface area (Å²) in [5, 5.41) is 1.20. The van der Waals surface area contributed by atoms with Gasteiger partial charge in [-0.05, 0) is 36.3 Å². The molecule has 0 spiro atoms. The molecule has 1 aromatic rings. The Morgan fingerprint density at radius 1 is 1.38 bits per heavy atom. The topological polar surface area (TPSA) is 0 Å². The normalized spacial score (nSPS) is 13.1. The Balaban J connectivity index is 2.74. The zero-order valence-electron chi connectivity index (χ0n) is 9.64. The molecular weight excluding hydrogens is 290 g/mol. The van der Waals surface area contributed by atoms with E-state index in [1.807, 2.05) is 6.07 Å². The molecule has 1 aromatic carbocycles. The van der Waals surface area contributed by atoms with Crippen LogP contribution in [0.2, 0.25) is 5.02 Å². The lowest BCUT2D eigenvalue weighted by molar-refractivity contribution is 0.444. The van der Waals surface area contributed by atoms with Gasteiger partial charge in [0.1, 0.15) is 5.82 Å². The average Bonchev–Trinajstić information content (AvgIpc) is 2.23. The molecule has 16 heavy (non-hydrogen) atoms. The maximum atomic E-state index is 13.3. The van der Waals surface area contributed by atoms with Gasteiger partial charge in [0.15, 0.2) is 0 Å². The summed E-state index contributed by atoms with van der Waals surface area (Å²) in [6.07, 6.45) is 1.96. The van der Waals surface area contributed by atoms with E-state index in [9.17, 15) is 4.39 Å². The lowest BCUT2D eigenvalue weighted by Crippen LogP contribution is -2.10. The molecule has 0 heterocycles. The third kappa shape index (κ3) is 4.06. The van der Waals surface area contributed by atoms with Gasteiger partial charge < -0.3 is 0 Å². The van der Waals surface area contributed by atoms with E-state index in [4.69, 9.17) is 11.6 Å². The van der Waals surface area contributed by atoms with Crippen molar-refractivity contribution in [1.29, 1.82) is 0 Å². The zero-order valence-corrected chi connectivity index (χ0v) is 12.0. The highest BCUT2D eigenvalue weighted by atomic mass is 79.9. The molecule has 0 radical (unpaired) electrons. The molecule has 0 aliphatic carbocycles. The number of hydrogen-bond donors (Lipinski definition) is 0. The first kappa shape index (κ1) is 14.0. The van der Waals surface area contributed by atoms with Crippen LogP contribution in [0, 0.1) is 17.7 Å². The van der Waals surface area contributed by atoms with Gasteiger partial charge in [0.2, 0.25) is 0 Å². The fourth-order valence-corrected chi connectivity index (χ4v) is 2.58. The molecule has 0 fully saturated rings.